The molecule has 28 heavy (non-hydrogen) atoms. The molecule has 0 aromatic heterocycles. The Labute approximate surface area is 172 Å². The second-order valence-electron chi connectivity index (χ2n) is 7.27. The number of hydrogen-bond acceptors (Lipinski definition) is 5. The summed E-state index contributed by atoms with van der Waals surface area (Å²) in [5.41, 5.74) is 1.77. The van der Waals surface area contributed by atoms with Crippen LogP contribution in [0.3, 0.4) is 0 Å². The summed E-state index contributed by atoms with van der Waals surface area (Å²) in [6, 6.07) is 13.2. The fourth-order valence-corrected chi connectivity index (χ4v) is 3.88. The third-order valence-electron chi connectivity index (χ3n) is 5.21. The van der Waals surface area contributed by atoms with Gasteiger partial charge in [-0.1, -0.05) is 46.1 Å². The zero-order valence-corrected chi connectivity index (χ0v) is 17.0. The molecule has 1 aliphatic rings. The van der Waals surface area contributed by atoms with Gasteiger partial charge in [-0.25, -0.2) is 0 Å². The van der Waals surface area contributed by atoms with Crippen molar-refractivity contribution in [2.75, 3.05) is 6.61 Å². The number of hydrogen-bond donors (Lipinski definition) is 4. The van der Waals surface area contributed by atoms with Gasteiger partial charge in [-0.3, -0.25) is 0 Å². The number of rotatable bonds is 4. The van der Waals surface area contributed by atoms with E-state index in [0.29, 0.717) is 12.0 Å². The van der Waals surface area contributed by atoms with Gasteiger partial charge in [-0.15, -0.1) is 6.42 Å². The van der Waals surface area contributed by atoms with Crippen molar-refractivity contribution >= 4 is 15.9 Å². The van der Waals surface area contributed by atoms with Crippen LogP contribution in [-0.2, 0) is 11.2 Å². The maximum absolute atomic E-state index is 10.8. The predicted octanol–water partition coefficient (Wildman–Crippen LogP) is 1.93. The molecule has 3 rings (SSSR count). The summed E-state index contributed by atoms with van der Waals surface area (Å²) >= 11 is 3.55. The van der Waals surface area contributed by atoms with Gasteiger partial charge in [-0.2, -0.15) is 0 Å². The summed E-state index contributed by atoms with van der Waals surface area (Å²) in [4.78, 5) is 0. The Morgan fingerprint density at radius 3 is 2.46 bits per heavy atom. The summed E-state index contributed by atoms with van der Waals surface area (Å²) in [6.45, 7) is 0.954. The summed E-state index contributed by atoms with van der Waals surface area (Å²) in [7, 11) is 0. The van der Waals surface area contributed by atoms with Crippen molar-refractivity contribution in [1.82, 2.24) is 0 Å². The Bertz CT molecular complexity index is 871. The van der Waals surface area contributed by atoms with E-state index in [0.717, 1.165) is 21.2 Å². The normalized spacial score (nSPS) is 30.0. The first-order valence-corrected chi connectivity index (χ1v) is 9.76. The molecular weight excluding hydrogens is 424 g/mol. The molecule has 1 aliphatic heterocycles. The van der Waals surface area contributed by atoms with Gasteiger partial charge in [0.2, 0.25) is 0 Å². The topological polar surface area (TPSA) is 90.2 Å². The molecule has 5 atom stereocenters. The van der Waals surface area contributed by atoms with Crippen molar-refractivity contribution in [3.05, 3.63) is 69.2 Å². The number of terminal acetylenes is 1. The summed E-state index contributed by atoms with van der Waals surface area (Å²) in [5, 5.41) is 40.6. The number of aliphatic hydroxyl groups is 4. The molecule has 5 nitrogen and oxygen atoms in total. The monoisotopic (exact) mass is 446 g/mol. The van der Waals surface area contributed by atoms with E-state index in [-0.39, 0.29) is 0 Å². The van der Waals surface area contributed by atoms with Crippen molar-refractivity contribution in [3.8, 4) is 12.3 Å². The van der Waals surface area contributed by atoms with Crippen LogP contribution in [-0.4, -0.2) is 50.9 Å². The van der Waals surface area contributed by atoms with Gasteiger partial charge in [0.15, 0.2) is 0 Å². The molecule has 0 unspecified atom stereocenters. The minimum Gasteiger partial charge on any atom is -0.394 e. The molecule has 4 N–H and O–H groups in total. The van der Waals surface area contributed by atoms with Crippen LogP contribution >= 0.6 is 15.9 Å². The maximum atomic E-state index is 10.8. The Morgan fingerprint density at radius 2 is 1.86 bits per heavy atom. The van der Waals surface area contributed by atoms with E-state index in [1.54, 1.807) is 6.07 Å². The third kappa shape index (κ3) is 4.01. The summed E-state index contributed by atoms with van der Waals surface area (Å²) < 4.78 is 6.64. The first-order chi connectivity index (χ1) is 13.3. The Kier molecular flexibility index (Phi) is 6.25. The van der Waals surface area contributed by atoms with E-state index >= 15 is 0 Å². The molecule has 0 saturated carbocycles. The molecule has 0 bridgehead atoms. The van der Waals surface area contributed by atoms with Crippen LogP contribution in [0.5, 0.6) is 0 Å². The highest BCUT2D eigenvalue weighted by Gasteiger charge is 2.52. The fraction of sp³-hybridized carbons (Fsp3) is 0.364. The molecular formula is C22H23BrO5. The molecule has 1 heterocycles. The molecule has 0 spiro atoms. The van der Waals surface area contributed by atoms with Gasteiger partial charge >= 0.3 is 0 Å². The highest BCUT2D eigenvalue weighted by molar-refractivity contribution is 9.10. The van der Waals surface area contributed by atoms with E-state index in [1.165, 1.54) is 6.92 Å². The van der Waals surface area contributed by atoms with Gasteiger partial charge in [0, 0.05) is 10.0 Å². The van der Waals surface area contributed by atoms with Gasteiger partial charge in [-0.05, 0) is 48.2 Å². The van der Waals surface area contributed by atoms with Crippen molar-refractivity contribution < 1.29 is 25.2 Å². The lowest BCUT2D eigenvalue weighted by Crippen LogP contribution is -2.61. The number of halogens is 1. The molecule has 0 radical (unpaired) electrons. The zero-order valence-electron chi connectivity index (χ0n) is 15.4. The Balaban J connectivity index is 1.92. The van der Waals surface area contributed by atoms with Gasteiger partial charge in [0.05, 0.1) is 6.61 Å². The smallest absolute Gasteiger partial charge is 0.121 e. The lowest BCUT2D eigenvalue weighted by molar-refractivity contribution is -0.271. The van der Waals surface area contributed by atoms with Crippen LogP contribution in [0, 0.1) is 12.3 Å². The van der Waals surface area contributed by atoms with E-state index in [4.69, 9.17) is 11.2 Å². The number of aliphatic hydroxyl groups excluding tert-OH is 3. The average Bonchev–Trinajstić information content (AvgIpc) is 2.69. The predicted molar refractivity (Wildman–Crippen MR) is 109 cm³/mol. The maximum Gasteiger partial charge on any atom is 0.121 e. The SMILES string of the molecule is C#Cc1ccc(Cc2cc([C@@H]3O[C@H](CO)[C@@H](O)[C@H](O)[C@]3(C)O)ccc2Br)cc1. The number of benzene rings is 2. The van der Waals surface area contributed by atoms with Crippen molar-refractivity contribution in [2.24, 2.45) is 0 Å². The average molecular weight is 447 g/mol. The molecule has 1 saturated heterocycles. The van der Waals surface area contributed by atoms with E-state index in [1.807, 2.05) is 36.4 Å². The lowest BCUT2D eigenvalue weighted by atomic mass is 9.80. The van der Waals surface area contributed by atoms with Crippen molar-refractivity contribution in [1.29, 1.82) is 0 Å². The molecule has 148 valence electrons. The first-order valence-electron chi connectivity index (χ1n) is 8.96. The van der Waals surface area contributed by atoms with Crippen LogP contribution < -0.4 is 0 Å². The fourth-order valence-electron chi connectivity index (χ4n) is 3.50. The quantitative estimate of drug-likeness (QED) is 0.538. The largest absolute Gasteiger partial charge is 0.394 e. The molecule has 2 aromatic rings. The van der Waals surface area contributed by atoms with E-state index in [2.05, 4.69) is 21.9 Å². The van der Waals surface area contributed by atoms with Gasteiger partial charge in [0.1, 0.15) is 30.0 Å². The summed E-state index contributed by atoms with van der Waals surface area (Å²) in [6.07, 6.45) is 1.31. The van der Waals surface area contributed by atoms with Gasteiger partial charge in [0.25, 0.3) is 0 Å². The Hall–Kier alpha value is -1.72. The first kappa shape index (κ1) is 21.0. The number of ether oxygens (including phenoxy) is 1. The molecule has 2 aromatic carbocycles. The van der Waals surface area contributed by atoms with E-state index < -0.39 is 36.6 Å². The second kappa shape index (κ2) is 8.34. The molecule has 6 heteroatoms. The van der Waals surface area contributed by atoms with Crippen LogP contribution in [0.25, 0.3) is 0 Å². The van der Waals surface area contributed by atoms with Crippen LogP contribution in [0.15, 0.2) is 46.9 Å². The zero-order chi connectivity index (χ0) is 20.5. The highest BCUT2D eigenvalue weighted by Crippen LogP contribution is 2.40. The van der Waals surface area contributed by atoms with Crippen LogP contribution in [0.4, 0.5) is 0 Å². The minimum atomic E-state index is -1.72. The molecule has 0 amide bonds. The van der Waals surface area contributed by atoms with Crippen LogP contribution in [0.2, 0.25) is 0 Å². The molecule has 1 fully saturated rings. The van der Waals surface area contributed by atoms with Gasteiger partial charge < -0.3 is 25.2 Å². The minimum absolute atomic E-state index is 0.463. The lowest BCUT2D eigenvalue weighted by Gasteiger charge is -2.46. The third-order valence-corrected chi connectivity index (χ3v) is 5.99. The Morgan fingerprint density at radius 1 is 1.18 bits per heavy atom. The standard InChI is InChI=1S/C22H23BrO5/c1-3-13-4-6-14(7-5-13)10-16-11-15(8-9-17(16)23)21-22(2,27)20(26)19(25)18(12-24)28-21/h1,4-9,11,18-21,24-27H,10,12H2,2H3/t18-,19-,20+,21+,22+/m1/s1. The van der Waals surface area contributed by atoms with Crippen molar-refractivity contribution in [3.63, 3.8) is 0 Å². The second-order valence-corrected chi connectivity index (χ2v) is 8.12. The highest BCUT2D eigenvalue weighted by atomic mass is 79.9. The van der Waals surface area contributed by atoms with Crippen molar-refractivity contribution in [2.45, 2.75) is 43.4 Å². The summed E-state index contributed by atoms with van der Waals surface area (Å²) in [5.74, 6) is 2.59. The molecule has 0 aliphatic carbocycles. The van der Waals surface area contributed by atoms with E-state index in [9.17, 15) is 20.4 Å². The van der Waals surface area contributed by atoms with Crippen LogP contribution in [0.1, 0.15) is 35.3 Å².